The fourth-order valence-electron chi connectivity index (χ4n) is 4.38. The zero-order chi connectivity index (χ0) is 23.1. The van der Waals surface area contributed by atoms with Crippen LogP contribution in [0.1, 0.15) is 25.5 Å². The van der Waals surface area contributed by atoms with Crippen LogP contribution in [0.3, 0.4) is 0 Å². The summed E-state index contributed by atoms with van der Waals surface area (Å²) in [5.74, 6) is -1.74. The highest BCUT2D eigenvalue weighted by atomic mass is 32.2. The Morgan fingerprint density at radius 1 is 1.00 bits per heavy atom. The molecule has 0 spiro atoms. The Morgan fingerprint density at radius 2 is 1.56 bits per heavy atom. The summed E-state index contributed by atoms with van der Waals surface area (Å²) < 4.78 is 39.0. The van der Waals surface area contributed by atoms with Gasteiger partial charge in [-0.1, -0.05) is 43.0 Å². The standard InChI is InChI=1S/C23H24N2O6S/c1-4-30-21(26)23(22(27)31-5-2)15(3)20-19(24-23)17-13-9-10-14-18(17)25(20)32(28,29)16-11-7-6-8-12-16/h6-14,19-20,24H,3-5H2,1-2H3/t19-,20-/m0/s1. The van der Waals surface area contributed by atoms with Gasteiger partial charge in [0.1, 0.15) is 0 Å². The van der Waals surface area contributed by atoms with E-state index < -0.39 is 39.6 Å². The minimum Gasteiger partial charge on any atom is -0.464 e. The largest absolute Gasteiger partial charge is 0.464 e. The van der Waals surface area contributed by atoms with E-state index in [9.17, 15) is 18.0 Å². The van der Waals surface area contributed by atoms with Crippen molar-refractivity contribution in [2.75, 3.05) is 17.5 Å². The first-order chi connectivity index (χ1) is 15.3. The van der Waals surface area contributed by atoms with Gasteiger partial charge < -0.3 is 9.47 Å². The molecule has 168 valence electrons. The molecule has 0 radical (unpaired) electrons. The summed E-state index contributed by atoms with van der Waals surface area (Å²) in [6.45, 7) is 7.34. The van der Waals surface area contributed by atoms with Crippen molar-refractivity contribution in [3.63, 3.8) is 0 Å². The molecule has 1 saturated heterocycles. The predicted molar refractivity (Wildman–Crippen MR) is 117 cm³/mol. The molecule has 0 aliphatic carbocycles. The number of nitrogens with one attached hydrogen (secondary N) is 1. The van der Waals surface area contributed by atoms with E-state index in [0.29, 0.717) is 11.3 Å². The van der Waals surface area contributed by atoms with E-state index in [4.69, 9.17) is 9.47 Å². The first-order valence-corrected chi connectivity index (χ1v) is 11.7. The third kappa shape index (κ3) is 3.03. The Balaban J connectivity index is 1.90. The molecule has 4 rings (SSSR count). The second-order valence-corrected chi connectivity index (χ2v) is 9.27. The highest BCUT2D eigenvalue weighted by Crippen LogP contribution is 2.52. The summed E-state index contributed by atoms with van der Waals surface area (Å²) in [6.07, 6.45) is 0. The van der Waals surface area contributed by atoms with Crippen molar-refractivity contribution in [1.82, 2.24) is 5.32 Å². The van der Waals surface area contributed by atoms with Gasteiger partial charge >= 0.3 is 11.9 Å². The van der Waals surface area contributed by atoms with Crippen molar-refractivity contribution in [2.45, 2.75) is 36.4 Å². The molecule has 2 heterocycles. The summed E-state index contributed by atoms with van der Waals surface area (Å²) in [5, 5.41) is 3.04. The highest BCUT2D eigenvalue weighted by molar-refractivity contribution is 7.93. The van der Waals surface area contributed by atoms with Crippen LogP contribution in [-0.4, -0.2) is 45.2 Å². The number of nitrogens with zero attached hydrogens (tertiary/aromatic N) is 1. The fraction of sp³-hybridized carbons (Fsp3) is 0.304. The molecule has 0 saturated carbocycles. The molecule has 0 amide bonds. The van der Waals surface area contributed by atoms with Crippen LogP contribution >= 0.6 is 0 Å². The van der Waals surface area contributed by atoms with Crippen molar-refractivity contribution in [3.05, 3.63) is 72.3 Å². The number of hydrogen-bond acceptors (Lipinski definition) is 7. The number of fused-ring (bicyclic) bond motifs is 3. The average molecular weight is 457 g/mol. The van der Waals surface area contributed by atoms with Crippen LogP contribution in [0.25, 0.3) is 0 Å². The molecule has 2 aromatic rings. The summed E-state index contributed by atoms with van der Waals surface area (Å²) in [6, 6.07) is 13.3. The lowest BCUT2D eigenvalue weighted by atomic mass is 9.90. The van der Waals surface area contributed by atoms with Crippen molar-refractivity contribution in [1.29, 1.82) is 0 Å². The third-order valence-corrected chi connectivity index (χ3v) is 7.56. The van der Waals surface area contributed by atoms with Crippen LogP contribution in [0.15, 0.2) is 71.6 Å². The van der Waals surface area contributed by atoms with Crippen molar-refractivity contribution < 1.29 is 27.5 Å². The number of anilines is 1. The van der Waals surface area contributed by atoms with Gasteiger partial charge in [0.2, 0.25) is 5.54 Å². The lowest BCUT2D eigenvalue weighted by Gasteiger charge is -2.31. The number of carbonyl (C=O) groups excluding carboxylic acids is 2. The van der Waals surface area contributed by atoms with Crippen LogP contribution in [-0.2, 0) is 29.1 Å². The molecule has 0 aromatic heterocycles. The molecule has 9 heteroatoms. The summed E-state index contributed by atoms with van der Waals surface area (Å²) in [4.78, 5) is 26.2. The molecule has 1 N–H and O–H groups in total. The quantitative estimate of drug-likeness (QED) is 0.404. The average Bonchev–Trinajstić information content (AvgIpc) is 3.27. The zero-order valence-electron chi connectivity index (χ0n) is 17.8. The second kappa shape index (κ2) is 8.07. The van der Waals surface area contributed by atoms with E-state index in [2.05, 4.69) is 11.9 Å². The Kier molecular flexibility index (Phi) is 5.56. The Hall–Kier alpha value is -3.17. The van der Waals surface area contributed by atoms with Crippen molar-refractivity contribution >= 4 is 27.6 Å². The maximum atomic E-state index is 13.7. The molecule has 2 aliphatic rings. The predicted octanol–water partition coefficient (Wildman–Crippen LogP) is 2.33. The Labute approximate surface area is 186 Å². The number of carbonyl (C=O) groups is 2. The van der Waals surface area contributed by atoms with Crippen LogP contribution in [0, 0.1) is 0 Å². The fourth-order valence-corrected chi connectivity index (χ4v) is 6.08. The maximum Gasteiger partial charge on any atom is 0.342 e. The zero-order valence-corrected chi connectivity index (χ0v) is 18.6. The lowest BCUT2D eigenvalue weighted by molar-refractivity contribution is -0.163. The van der Waals surface area contributed by atoms with Gasteiger partial charge in [-0.15, -0.1) is 0 Å². The smallest absolute Gasteiger partial charge is 0.342 e. The van der Waals surface area contributed by atoms with Crippen LogP contribution in [0.4, 0.5) is 5.69 Å². The molecule has 8 nitrogen and oxygen atoms in total. The first-order valence-electron chi connectivity index (χ1n) is 10.3. The van der Waals surface area contributed by atoms with Gasteiger partial charge in [0, 0.05) is 0 Å². The second-order valence-electron chi connectivity index (χ2n) is 7.46. The van der Waals surface area contributed by atoms with E-state index in [-0.39, 0.29) is 23.7 Å². The number of rotatable bonds is 6. The summed E-state index contributed by atoms with van der Waals surface area (Å²) in [7, 11) is -4.04. The molecular formula is C23H24N2O6S. The monoisotopic (exact) mass is 456 g/mol. The van der Waals surface area contributed by atoms with Crippen LogP contribution in [0.5, 0.6) is 0 Å². The molecule has 0 bridgehead atoms. The minimum atomic E-state index is -4.04. The number of benzene rings is 2. The highest BCUT2D eigenvalue weighted by Gasteiger charge is 2.65. The van der Waals surface area contributed by atoms with E-state index in [1.54, 1.807) is 56.3 Å². The number of para-hydroxylation sites is 1. The normalized spacial score (nSPS) is 21.1. The van der Waals surface area contributed by atoms with Gasteiger partial charge in [0.05, 0.1) is 35.9 Å². The third-order valence-electron chi connectivity index (χ3n) is 5.75. The summed E-state index contributed by atoms with van der Waals surface area (Å²) in [5.41, 5.74) is -0.857. The number of sulfonamides is 1. The Bertz CT molecular complexity index is 1160. The topological polar surface area (TPSA) is 102 Å². The molecule has 0 unspecified atom stereocenters. The number of ether oxygens (including phenoxy) is 2. The Morgan fingerprint density at radius 3 is 2.16 bits per heavy atom. The molecule has 32 heavy (non-hydrogen) atoms. The van der Waals surface area contributed by atoms with Gasteiger partial charge in [0.15, 0.2) is 0 Å². The van der Waals surface area contributed by atoms with Gasteiger partial charge in [0.25, 0.3) is 10.0 Å². The minimum absolute atomic E-state index is 0.0346. The van der Waals surface area contributed by atoms with Crippen LogP contribution in [0.2, 0.25) is 0 Å². The molecule has 2 aromatic carbocycles. The summed E-state index contributed by atoms with van der Waals surface area (Å²) >= 11 is 0. The van der Waals surface area contributed by atoms with Gasteiger partial charge in [-0.2, -0.15) is 0 Å². The molecule has 2 atom stereocenters. The lowest BCUT2D eigenvalue weighted by Crippen LogP contribution is -2.58. The van der Waals surface area contributed by atoms with E-state index in [0.717, 1.165) is 0 Å². The van der Waals surface area contributed by atoms with E-state index in [1.807, 2.05) is 0 Å². The van der Waals surface area contributed by atoms with Gasteiger partial charge in [-0.05, 0) is 43.2 Å². The molecule has 2 aliphatic heterocycles. The van der Waals surface area contributed by atoms with E-state index >= 15 is 0 Å². The number of hydrogen-bond donors (Lipinski definition) is 1. The van der Waals surface area contributed by atoms with Crippen molar-refractivity contribution in [3.8, 4) is 0 Å². The SMILES string of the molecule is C=C1[C@H]2[C@@H](NC1(C(=O)OCC)C(=O)OCC)c1ccccc1N2S(=O)(=O)c1ccccc1. The van der Waals surface area contributed by atoms with Gasteiger partial charge in [-0.25, -0.2) is 18.0 Å². The van der Waals surface area contributed by atoms with Gasteiger partial charge in [-0.3, -0.25) is 9.62 Å². The molecule has 1 fully saturated rings. The van der Waals surface area contributed by atoms with E-state index in [1.165, 1.54) is 16.4 Å². The molecular weight excluding hydrogens is 432 g/mol. The number of esters is 2. The van der Waals surface area contributed by atoms with Crippen molar-refractivity contribution in [2.24, 2.45) is 0 Å². The van der Waals surface area contributed by atoms with Crippen LogP contribution < -0.4 is 9.62 Å². The maximum absolute atomic E-state index is 13.7. The first kappa shape index (κ1) is 22.0.